The lowest BCUT2D eigenvalue weighted by atomic mass is 9.78. The van der Waals surface area contributed by atoms with E-state index in [0.717, 1.165) is 23.6 Å². The highest BCUT2D eigenvalue weighted by molar-refractivity contribution is 6.10. The zero-order valence-corrected chi connectivity index (χ0v) is 23.1. The van der Waals surface area contributed by atoms with Crippen LogP contribution in [0.3, 0.4) is 0 Å². The SMILES string of the molecule is C1=CC(N(c2ccccc2)c2ccccc2)C2=CCc3ccc(N(c4ccccc4)c4ccccn4)c4ccc1c2c34. The van der Waals surface area contributed by atoms with Gasteiger partial charge in [0.05, 0.1) is 11.7 Å². The van der Waals surface area contributed by atoms with Crippen molar-refractivity contribution in [1.29, 1.82) is 0 Å². The van der Waals surface area contributed by atoms with Crippen LogP contribution in [0.4, 0.5) is 28.6 Å². The summed E-state index contributed by atoms with van der Waals surface area (Å²) in [5, 5.41) is 2.58. The molecule has 0 spiro atoms. The van der Waals surface area contributed by atoms with Crippen LogP contribution in [0.1, 0.15) is 16.7 Å². The minimum Gasteiger partial charge on any atom is -0.330 e. The number of aromatic nitrogens is 1. The molecule has 1 unspecified atom stereocenters. The van der Waals surface area contributed by atoms with E-state index in [-0.39, 0.29) is 6.04 Å². The van der Waals surface area contributed by atoms with Crippen molar-refractivity contribution in [2.75, 3.05) is 9.80 Å². The van der Waals surface area contributed by atoms with Gasteiger partial charge in [0.15, 0.2) is 0 Å². The summed E-state index contributed by atoms with van der Waals surface area (Å²) >= 11 is 0. The highest BCUT2D eigenvalue weighted by Crippen LogP contribution is 2.48. The summed E-state index contributed by atoms with van der Waals surface area (Å²) in [6.07, 6.45) is 9.88. The van der Waals surface area contributed by atoms with Gasteiger partial charge in [-0.15, -0.1) is 0 Å². The van der Waals surface area contributed by atoms with Gasteiger partial charge in [-0.25, -0.2) is 4.98 Å². The lowest BCUT2D eigenvalue weighted by Crippen LogP contribution is -2.33. The number of pyridine rings is 1. The topological polar surface area (TPSA) is 19.4 Å². The molecule has 0 radical (unpaired) electrons. The van der Waals surface area contributed by atoms with Gasteiger partial charge in [0, 0.05) is 28.6 Å². The lowest BCUT2D eigenvalue weighted by Gasteiger charge is -2.38. The Labute approximate surface area is 246 Å². The van der Waals surface area contributed by atoms with E-state index in [1.165, 1.54) is 44.4 Å². The molecule has 2 aliphatic rings. The number of hydrogen-bond acceptors (Lipinski definition) is 3. The first-order valence-electron chi connectivity index (χ1n) is 14.5. The molecule has 8 rings (SSSR count). The smallest absolute Gasteiger partial charge is 0.137 e. The molecule has 0 aliphatic heterocycles. The molecule has 1 heterocycles. The molecule has 42 heavy (non-hydrogen) atoms. The van der Waals surface area contributed by atoms with E-state index in [0.29, 0.717) is 0 Å². The first-order chi connectivity index (χ1) is 20.9. The van der Waals surface area contributed by atoms with Gasteiger partial charge < -0.3 is 4.90 Å². The average molecular weight is 540 g/mol. The molecule has 1 atom stereocenters. The predicted molar refractivity (Wildman–Crippen MR) is 176 cm³/mol. The Balaban J connectivity index is 1.33. The first-order valence-corrected chi connectivity index (χ1v) is 14.5. The minimum absolute atomic E-state index is 0.0747. The van der Waals surface area contributed by atoms with Crippen LogP contribution in [0.5, 0.6) is 0 Å². The Morgan fingerprint density at radius 1 is 0.619 bits per heavy atom. The van der Waals surface area contributed by atoms with Gasteiger partial charge in [0.2, 0.25) is 0 Å². The third-order valence-corrected chi connectivity index (χ3v) is 8.36. The third-order valence-electron chi connectivity index (χ3n) is 8.36. The van der Waals surface area contributed by atoms with Crippen LogP contribution in [0, 0.1) is 0 Å². The van der Waals surface area contributed by atoms with E-state index in [2.05, 4.69) is 155 Å². The Hall–Kier alpha value is -5.41. The van der Waals surface area contributed by atoms with Crippen LogP contribution in [0.25, 0.3) is 22.4 Å². The maximum atomic E-state index is 4.78. The molecule has 3 heteroatoms. The van der Waals surface area contributed by atoms with Gasteiger partial charge in [-0.1, -0.05) is 97.1 Å². The third kappa shape index (κ3) is 4.02. The van der Waals surface area contributed by atoms with Gasteiger partial charge in [-0.3, -0.25) is 4.90 Å². The molecule has 6 aromatic rings. The molecule has 0 amide bonds. The van der Waals surface area contributed by atoms with Crippen molar-refractivity contribution < 1.29 is 0 Å². The lowest BCUT2D eigenvalue weighted by molar-refractivity contribution is 0.950. The van der Waals surface area contributed by atoms with Crippen molar-refractivity contribution in [3.8, 4) is 0 Å². The highest BCUT2D eigenvalue weighted by atomic mass is 15.2. The molecule has 1 aromatic heterocycles. The molecule has 2 aliphatic carbocycles. The van der Waals surface area contributed by atoms with Crippen LogP contribution in [0.2, 0.25) is 0 Å². The molecule has 0 fully saturated rings. The molecule has 0 bridgehead atoms. The van der Waals surface area contributed by atoms with E-state index in [1.54, 1.807) is 0 Å². The van der Waals surface area contributed by atoms with Gasteiger partial charge in [-0.05, 0) is 88.7 Å². The van der Waals surface area contributed by atoms with Crippen molar-refractivity contribution in [2.45, 2.75) is 12.5 Å². The van der Waals surface area contributed by atoms with E-state index in [1.807, 2.05) is 12.3 Å². The summed E-state index contributed by atoms with van der Waals surface area (Å²) in [4.78, 5) is 9.52. The van der Waals surface area contributed by atoms with E-state index < -0.39 is 0 Å². The Morgan fingerprint density at radius 3 is 1.95 bits per heavy atom. The Morgan fingerprint density at radius 2 is 1.29 bits per heavy atom. The second-order valence-electron chi connectivity index (χ2n) is 10.8. The maximum Gasteiger partial charge on any atom is 0.137 e. The molecule has 5 aromatic carbocycles. The van der Waals surface area contributed by atoms with Gasteiger partial charge in [0.1, 0.15) is 5.82 Å². The van der Waals surface area contributed by atoms with Crippen molar-refractivity contribution in [3.05, 3.63) is 168 Å². The fourth-order valence-electron chi connectivity index (χ4n) is 6.55. The molecular formula is C39H29N3. The van der Waals surface area contributed by atoms with Crippen LogP contribution in [0.15, 0.2) is 152 Å². The number of para-hydroxylation sites is 3. The maximum absolute atomic E-state index is 4.78. The van der Waals surface area contributed by atoms with E-state index in [4.69, 9.17) is 4.98 Å². The van der Waals surface area contributed by atoms with Crippen molar-refractivity contribution in [1.82, 2.24) is 4.98 Å². The average Bonchev–Trinajstić information content (AvgIpc) is 3.07. The summed E-state index contributed by atoms with van der Waals surface area (Å²) in [5.74, 6) is 0.903. The van der Waals surface area contributed by atoms with Gasteiger partial charge in [-0.2, -0.15) is 0 Å². The summed E-state index contributed by atoms with van der Waals surface area (Å²) in [6.45, 7) is 0. The van der Waals surface area contributed by atoms with Crippen LogP contribution < -0.4 is 9.80 Å². The quantitative estimate of drug-likeness (QED) is 0.210. The molecule has 0 saturated heterocycles. The second kappa shape index (κ2) is 10.2. The number of benzene rings is 5. The molecule has 3 nitrogen and oxygen atoms in total. The number of rotatable bonds is 6. The number of anilines is 5. The fraction of sp³-hybridized carbons (Fsp3) is 0.0513. The summed E-state index contributed by atoms with van der Waals surface area (Å²) in [5.41, 5.74) is 9.93. The monoisotopic (exact) mass is 539 g/mol. The standard InChI is InChI=1S/C39H29N3/c1-4-12-30(13-5-1)41(31-14-6-2-7-15-31)35-25-21-28-20-24-34-36(26-22-29-19-23-33(35)38(28)39(29)34)42(32-16-8-3-9-17-32)37-18-10-11-27-40-37/h1-18,20-27,35H,19H2. The van der Waals surface area contributed by atoms with E-state index in [9.17, 15) is 0 Å². The first kappa shape index (κ1) is 24.4. The van der Waals surface area contributed by atoms with Crippen molar-refractivity contribution >= 4 is 51.0 Å². The number of allylic oxidation sites excluding steroid dienone is 1. The largest absolute Gasteiger partial charge is 0.330 e. The Bertz CT molecular complexity index is 1870. The fourth-order valence-corrected chi connectivity index (χ4v) is 6.55. The zero-order valence-electron chi connectivity index (χ0n) is 23.1. The molecule has 200 valence electrons. The van der Waals surface area contributed by atoms with Gasteiger partial charge in [0.25, 0.3) is 0 Å². The zero-order chi connectivity index (χ0) is 27.9. The number of hydrogen-bond donors (Lipinski definition) is 0. The predicted octanol–water partition coefficient (Wildman–Crippen LogP) is 9.88. The summed E-state index contributed by atoms with van der Waals surface area (Å²) < 4.78 is 0. The van der Waals surface area contributed by atoms with Crippen LogP contribution in [-0.2, 0) is 6.42 Å². The van der Waals surface area contributed by atoms with Crippen LogP contribution >= 0.6 is 0 Å². The van der Waals surface area contributed by atoms with Crippen molar-refractivity contribution in [2.24, 2.45) is 0 Å². The summed E-state index contributed by atoms with van der Waals surface area (Å²) in [7, 11) is 0. The number of nitrogens with zero attached hydrogens (tertiary/aromatic N) is 3. The second-order valence-corrected chi connectivity index (χ2v) is 10.8. The summed E-state index contributed by atoms with van der Waals surface area (Å²) in [6, 6.07) is 47.4. The Kier molecular flexibility index (Phi) is 5.93. The van der Waals surface area contributed by atoms with Gasteiger partial charge >= 0.3 is 0 Å². The van der Waals surface area contributed by atoms with Crippen LogP contribution in [-0.4, -0.2) is 11.0 Å². The van der Waals surface area contributed by atoms with E-state index >= 15 is 0 Å². The molecule has 0 saturated carbocycles. The highest BCUT2D eigenvalue weighted by Gasteiger charge is 2.31. The van der Waals surface area contributed by atoms with Crippen molar-refractivity contribution in [3.63, 3.8) is 0 Å². The minimum atomic E-state index is 0.0747. The molecule has 0 N–H and O–H groups in total. The molecular weight excluding hydrogens is 510 g/mol. The normalized spacial score (nSPS) is 14.9.